The van der Waals surface area contributed by atoms with Gasteiger partial charge in [0, 0.05) is 18.3 Å². The third-order valence-electron chi connectivity index (χ3n) is 2.19. The molecule has 16 heavy (non-hydrogen) atoms. The average Bonchev–Trinajstić information content (AvgIpc) is 2.38. The largest absolute Gasteiger partial charge is 0.410 e. The topological polar surface area (TPSA) is 49.4 Å². The van der Waals surface area contributed by atoms with Crippen LogP contribution in [0.3, 0.4) is 0 Å². The summed E-state index contributed by atoms with van der Waals surface area (Å²) in [6.07, 6.45) is 5.50. The minimum atomic E-state index is 0.494. The lowest BCUT2D eigenvalue weighted by molar-refractivity contribution is -0.681. The van der Waals surface area contributed by atoms with Crippen molar-refractivity contribution in [3.63, 3.8) is 0 Å². The second-order valence-corrected chi connectivity index (χ2v) is 3.31. The minimum absolute atomic E-state index is 0.494. The molecule has 0 amide bonds. The summed E-state index contributed by atoms with van der Waals surface area (Å²) in [6.45, 7) is 0.494. The van der Waals surface area contributed by atoms with Gasteiger partial charge in [-0.05, 0) is 12.1 Å². The van der Waals surface area contributed by atoms with Crippen LogP contribution in [0, 0.1) is 0 Å². The second-order valence-electron chi connectivity index (χ2n) is 3.31. The zero-order valence-electron chi connectivity index (χ0n) is 8.69. The van der Waals surface area contributed by atoms with E-state index < -0.39 is 0 Å². The van der Waals surface area contributed by atoms with E-state index in [9.17, 15) is 0 Å². The number of rotatable bonds is 3. The predicted molar refractivity (Wildman–Crippen MR) is 59.2 cm³/mol. The van der Waals surface area contributed by atoms with Gasteiger partial charge in [0.1, 0.15) is 0 Å². The monoisotopic (exact) mass is 214 g/mol. The summed E-state index contributed by atoms with van der Waals surface area (Å²) in [5.74, 6) is 0. The van der Waals surface area contributed by atoms with Gasteiger partial charge in [-0.3, -0.25) is 4.98 Å². The highest BCUT2D eigenvalue weighted by molar-refractivity contribution is 5.97. The van der Waals surface area contributed by atoms with Crippen LogP contribution in [-0.2, 0) is 6.54 Å². The van der Waals surface area contributed by atoms with Crippen molar-refractivity contribution >= 4 is 5.71 Å². The molecular weight excluding hydrogens is 202 g/mol. The summed E-state index contributed by atoms with van der Waals surface area (Å²) < 4.78 is 1.92. The fourth-order valence-electron chi connectivity index (χ4n) is 1.41. The quantitative estimate of drug-likeness (QED) is 0.362. The first-order valence-corrected chi connectivity index (χ1v) is 4.96. The van der Waals surface area contributed by atoms with Crippen LogP contribution in [0.15, 0.2) is 60.1 Å². The van der Waals surface area contributed by atoms with E-state index in [1.807, 2.05) is 53.4 Å². The molecule has 4 heteroatoms. The van der Waals surface area contributed by atoms with Gasteiger partial charge in [-0.15, -0.1) is 0 Å². The second kappa shape index (κ2) is 5.02. The summed E-state index contributed by atoms with van der Waals surface area (Å²) in [7, 11) is 0. The van der Waals surface area contributed by atoms with Crippen LogP contribution in [0.1, 0.15) is 5.69 Å². The highest BCUT2D eigenvalue weighted by Crippen LogP contribution is 1.96. The minimum Gasteiger partial charge on any atom is -0.410 e. The first-order chi connectivity index (χ1) is 7.90. The summed E-state index contributed by atoms with van der Waals surface area (Å²) in [6, 6.07) is 11.3. The molecule has 0 aliphatic carbocycles. The van der Waals surface area contributed by atoms with Gasteiger partial charge in [0.15, 0.2) is 24.7 Å². The Hall–Kier alpha value is -2.23. The average molecular weight is 214 g/mol. The van der Waals surface area contributed by atoms with Crippen molar-refractivity contribution in [1.29, 1.82) is 0 Å². The third kappa shape index (κ3) is 2.42. The normalized spacial score (nSPS) is 11.4. The van der Waals surface area contributed by atoms with Crippen molar-refractivity contribution in [3.8, 4) is 0 Å². The van der Waals surface area contributed by atoms with E-state index in [4.69, 9.17) is 5.21 Å². The van der Waals surface area contributed by atoms with Crippen LogP contribution in [0.2, 0.25) is 0 Å². The molecule has 2 rings (SSSR count). The van der Waals surface area contributed by atoms with Crippen molar-refractivity contribution in [3.05, 3.63) is 60.7 Å². The zero-order valence-corrected chi connectivity index (χ0v) is 8.69. The summed E-state index contributed by atoms with van der Waals surface area (Å²) in [5.41, 5.74) is 1.22. The number of aromatic nitrogens is 2. The van der Waals surface area contributed by atoms with Crippen LogP contribution in [0.25, 0.3) is 0 Å². The molecule has 0 spiro atoms. The maximum absolute atomic E-state index is 8.98. The van der Waals surface area contributed by atoms with Crippen molar-refractivity contribution in [1.82, 2.24) is 4.98 Å². The van der Waals surface area contributed by atoms with Gasteiger partial charge < -0.3 is 5.21 Å². The molecule has 0 aliphatic heterocycles. The molecule has 0 bridgehead atoms. The fourth-order valence-corrected chi connectivity index (χ4v) is 1.41. The Bertz CT molecular complexity index is 468. The number of nitrogens with zero attached hydrogens (tertiary/aromatic N) is 3. The van der Waals surface area contributed by atoms with E-state index in [1.165, 1.54) is 0 Å². The van der Waals surface area contributed by atoms with Crippen molar-refractivity contribution in [2.45, 2.75) is 6.54 Å². The molecule has 4 nitrogen and oxygen atoms in total. The molecule has 0 radical (unpaired) electrons. The zero-order chi connectivity index (χ0) is 11.2. The molecule has 2 heterocycles. The molecule has 0 aliphatic rings. The van der Waals surface area contributed by atoms with Gasteiger partial charge in [-0.1, -0.05) is 17.3 Å². The molecule has 0 fully saturated rings. The lowest BCUT2D eigenvalue weighted by atomic mass is 10.2. The molecule has 2 aromatic rings. The van der Waals surface area contributed by atoms with Gasteiger partial charge in [0.2, 0.25) is 0 Å². The Kier molecular flexibility index (Phi) is 3.23. The van der Waals surface area contributed by atoms with Crippen LogP contribution in [0.4, 0.5) is 0 Å². The SMILES string of the molecule is O/N=C(/C[n+]1ccccc1)c1ccccn1. The Labute approximate surface area is 93.5 Å². The Morgan fingerprint density at radius 3 is 2.62 bits per heavy atom. The molecule has 0 saturated heterocycles. The van der Waals surface area contributed by atoms with E-state index in [0.717, 1.165) is 0 Å². The predicted octanol–water partition coefficient (Wildman–Crippen LogP) is 1.25. The first kappa shape index (κ1) is 10.3. The number of oxime groups is 1. The van der Waals surface area contributed by atoms with Crippen LogP contribution in [0.5, 0.6) is 0 Å². The maximum Gasteiger partial charge on any atom is 0.196 e. The number of pyridine rings is 2. The molecule has 0 unspecified atom stereocenters. The van der Waals surface area contributed by atoms with Crippen molar-refractivity contribution in [2.24, 2.45) is 5.16 Å². The third-order valence-corrected chi connectivity index (χ3v) is 2.19. The van der Waals surface area contributed by atoms with Gasteiger partial charge in [0.25, 0.3) is 0 Å². The smallest absolute Gasteiger partial charge is 0.196 e. The Balaban J connectivity index is 2.20. The van der Waals surface area contributed by atoms with E-state index in [2.05, 4.69) is 10.1 Å². The summed E-state index contributed by atoms with van der Waals surface area (Å²) in [5, 5.41) is 12.3. The Morgan fingerprint density at radius 1 is 1.19 bits per heavy atom. The number of hydrogen-bond donors (Lipinski definition) is 1. The van der Waals surface area contributed by atoms with E-state index >= 15 is 0 Å². The highest BCUT2D eigenvalue weighted by atomic mass is 16.4. The van der Waals surface area contributed by atoms with Crippen molar-refractivity contribution in [2.75, 3.05) is 0 Å². The number of hydrogen-bond acceptors (Lipinski definition) is 3. The van der Waals surface area contributed by atoms with Crippen LogP contribution < -0.4 is 4.57 Å². The molecule has 0 saturated carbocycles. The van der Waals surface area contributed by atoms with Gasteiger partial charge >= 0.3 is 0 Å². The van der Waals surface area contributed by atoms with Gasteiger partial charge in [0.05, 0.1) is 5.69 Å². The van der Waals surface area contributed by atoms with Gasteiger partial charge in [-0.2, -0.15) is 4.57 Å². The van der Waals surface area contributed by atoms with E-state index in [1.54, 1.807) is 6.20 Å². The van der Waals surface area contributed by atoms with Crippen LogP contribution >= 0.6 is 0 Å². The highest BCUT2D eigenvalue weighted by Gasteiger charge is 2.10. The Morgan fingerprint density at radius 2 is 2.00 bits per heavy atom. The fraction of sp³-hybridized carbons (Fsp3) is 0.0833. The summed E-state index contributed by atoms with van der Waals surface area (Å²) in [4.78, 5) is 4.14. The molecule has 80 valence electrons. The summed E-state index contributed by atoms with van der Waals surface area (Å²) >= 11 is 0. The standard InChI is InChI=1S/C12H11N3O/c16-14-12(11-6-2-3-7-13-11)10-15-8-4-1-5-9-15/h1-9H,10H2/p+1/b14-12-. The lowest BCUT2D eigenvalue weighted by Crippen LogP contribution is -2.37. The molecule has 2 aromatic heterocycles. The first-order valence-electron chi connectivity index (χ1n) is 4.96. The lowest BCUT2D eigenvalue weighted by Gasteiger charge is -1.99. The molecule has 1 N–H and O–H groups in total. The van der Waals surface area contributed by atoms with Crippen molar-refractivity contribution < 1.29 is 9.77 Å². The van der Waals surface area contributed by atoms with Gasteiger partial charge in [-0.25, -0.2) is 0 Å². The molecule has 0 aromatic carbocycles. The van der Waals surface area contributed by atoms with E-state index in [-0.39, 0.29) is 0 Å². The molecule has 0 atom stereocenters. The van der Waals surface area contributed by atoms with E-state index in [0.29, 0.717) is 18.0 Å². The van der Waals surface area contributed by atoms with Crippen LogP contribution in [-0.4, -0.2) is 15.9 Å². The maximum atomic E-state index is 8.98. The molecular formula is C12H12N3O+.